The molecular formula is C24H24F3N5OS. The number of nitrogens with two attached hydrogens (primary N) is 3. The molecule has 6 nitrogen and oxygen atoms in total. The molecule has 0 radical (unpaired) electrons. The number of halogens is 3. The van der Waals surface area contributed by atoms with Crippen molar-refractivity contribution in [3.8, 4) is 10.4 Å². The molecule has 10 heteroatoms. The topological polar surface area (TPSA) is 120 Å². The Hall–Kier alpha value is -3.63. The number of amides is 1. The van der Waals surface area contributed by atoms with E-state index in [9.17, 15) is 18.0 Å². The van der Waals surface area contributed by atoms with Crippen LogP contribution in [0.25, 0.3) is 22.7 Å². The minimum Gasteiger partial charge on any atom is -0.404 e. The van der Waals surface area contributed by atoms with Gasteiger partial charge in [0.25, 0.3) is 5.91 Å². The van der Waals surface area contributed by atoms with Crippen molar-refractivity contribution >= 4 is 34.7 Å². The van der Waals surface area contributed by atoms with Crippen molar-refractivity contribution in [2.75, 3.05) is 11.9 Å². The lowest BCUT2D eigenvalue weighted by Gasteiger charge is -2.13. The van der Waals surface area contributed by atoms with Crippen molar-refractivity contribution in [2.45, 2.75) is 18.6 Å². The summed E-state index contributed by atoms with van der Waals surface area (Å²) >= 11 is 1.25. The van der Waals surface area contributed by atoms with E-state index in [0.29, 0.717) is 28.5 Å². The Labute approximate surface area is 198 Å². The first-order valence-corrected chi connectivity index (χ1v) is 11.1. The van der Waals surface area contributed by atoms with Crippen LogP contribution in [0.15, 0.2) is 55.1 Å². The van der Waals surface area contributed by atoms with Crippen LogP contribution >= 0.6 is 11.3 Å². The van der Waals surface area contributed by atoms with Crippen LogP contribution in [0.1, 0.15) is 21.6 Å². The average molecular weight is 488 g/mol. The number of carbonyl (C=O) groups is 1. The van der Waals surface area contributed by atoms with Crippen LogP contribution in [0.4, 0.5) is 18.3 Å². The van der Waals surface area contributed by atoms with Gasteiger partial charge >= 0.3 is 6.18 Å². The van der Waals surface area contributed by atoms with Crippen LogP contribution in [0.5, 0.6) is 0 Å². The summed E-state index contributed by atoms with van der Waals surface area (Å²) in [5, 5.41) is 5.18. The first-order chi connectivity index (χ1) is 16.1. The van der Waals surface area contributed by atoms with Gasteiger partial charge in [0, 0.05) is 18.8 Å². The van der Waals surface area contributed by atoms with Gasteiger partial charge in [0.2, 0.25) is 0 Å². The number of anilines is 1. The van der Waals surface area contributed by atoms with E-state index >= 15 is 0 Å². The zero-order valence-corrected chi connectivity index (χ0v) is 18.9. The molecule has 1 heterocycles. The van der Waals surface area contributed by atoms with Gasteiger partial charge in [-0.15, -0.1) is 0 Å². The third kappa shape index (κ3) is 6.03. The summed E-state index contributed by atoms with van der Waals surface area (Å²) in [6.07, 6.45) is 0.900. The number of nitrogens with one attached hydrogen (secondary N) is 1. The number of benzene rings is 2. The van der Waals surface area contributed by atoms with Crippen LogP contribution in [-0.2, 0) is 12.6 Å². The quantitative estimate of drug-likeness (QED) is 0.389. The second kappa shape index (κ2) is 10.5. The molecule has 3 aromatic rings. The van der Waals surface area contributed by atoms with E-state index in [4.69, 9.17) is 17.2 Å². The summed E-state index contributed by atoms with van der Waals surface area (Å²) in [7, 11) is 0. The summed E-state index contributed by atoms with van der Waals surface area (Å²) in [5.41, 5.74) is 18.2. The van der Waals surface area contributed by atoms with Crippen molar-refractivity contribution in [3.05, 3.63) is 82.4 Å². The van der Waals surface area contributed by atoms with Gasteiger partial charge in [-0.25, -0.2) is 4.98 Å². The Morgan fingerprint density at radius 3 is 2.47 bits per heavy atom. The second-order valence-corrected chi connectivity index (χ2v) is 8.51. The number of alkyl halides is 3. The lowest BCUT2D eigenvalue weighted by atomic mass is 10.0. The first-order valence-electron chi connectivity index (χ1n) is 10.2. The van der Waals surface area contributed by atoms with Gasteiger partial charge in [-0.05, 0) is 46.2 Å². The predicted molar refractivity (Wildman–Crippen MR) is 130 cm³/mol. The van der Waals surface area contributed by atoms with Crippen LogP contribution in [0.3, 0.4) is 0 Å². The fourth-order valence-corrected chi connectivity index (χ4v) is 4.29. The fraction of sp³-hybridized carbons (Fsp3) is 0.167. The molecule has 0 bridgehead atoms. The van der Waals surface area contributed by atoms with Crippen molar-refractivity contribution in [3.63, 3.8) is 0 Å². The van der Waals surface area contributed by atoms with Gasteiger partial charge in [-0.1, -0.05) is 54.3 Å². The zero-order valence-electron chi connectivity index (χ0n) is 18.1. The lowest BCUT2D eigenvalue weighted by Crippen LogP contribution is -2.31. The highest BCUT2D eigenvalue weighted by Crippen LogP contribution is 2.32. The van der Waals surface area contributed by atoms with E-state index in [-0.39, 0.29) is 5.69 Å². The molecule has 0 aliphatic carbocycles. The Morgan fingerprint density at radius 2 is 1.88 bits per heavy atom. The predicted octanol–water partition coefficient (Wildman–Crippen LogP) is 2.57. The summed E-state index contributed by atoms with van der Waals surface area (Å²) in [6.45, 7) is 4.00. The van der Waals surface area contributed by atoms with E-state index in [1.165, 1.54) is 29.7 Å². The van der Waals surface area contributed by atoms with Gasteiger partial charge in [0.1, 0.15) is 5.69 Å². The van der Waals surface area contributed by atoms with E-state index in [2.05, 4.69) is 16.9 Å². The van der Waals surface area contributed by atoms with Gasteiger partial charge in [0.15, 0.2) is 5.13 Å². The molecular weight excluding hydrogens is 463 g/mol. The van der Waals surface area contributed by atoms with Crippen molar-refractivity contribution < 1.29 is 18.0 Å². The Morgan fingerprint density at radius 1 is 1.18 bits per heavy atom. The average Bonchev–Trinajstić information content (AvgIpc) is 3.22. The number of carbonyl (C=O) groups excluding carboxylic acids is 1. The van der Waals surface area contributed by atoms with Crippen molar-refractivity contribution in [1.29, 1.82) is 0 Å². The largest absolute Gasteiger partial charge is 0.416 e. The summed E-state index contributed by atoms with van der Waals surface area (Å²) < 4.78 is 38.1. The summed E-state index contributed by atoms with van der Waals surface area (Å²) in [6, 6.07) is 10.0. The molecule has 0 unspecified atom stereocenters. The zero-order chi connectivity index (χ0) is 24.9. The number of nitrogens with zero attached hydrogens (tertiary/aromatic N) is 1. The Bertz CT molecular complexity index is 1300. The Balaban J connectivity index is 1.76. The fourth-order valence-electron chi connectivity index (χ4n) is 3.32. The maximum atomic E-state index is 12.7. The molecule has 1 aromatic heterocycles. The molecule has 0 saturated carbocycles. The summed E-state index contributed by atoms with van der Waals surface area (Å²) in [4.78, 5) is 16.9. The van der Waals surface area contributed by atoms with Gasteiger partial charge in [0.05, 0.1) is 10.4 Å². The summed E-state index contributed by atoms with van der Waals surface area (Å²) in [5.74, 6) is -0.669. The molecule has 0 aliphatic rings. The van der Waals surface area contributed by atoms with Crippen LogP contribution in [0.2, 0.25) is 0 Å². The van der Waals surface area contributed by atoms with Gasteiger partial charge < -0.3 is 22.5 Å². The third-order valence-corrected chi connectivity index (χ3v) is 6.04. The van der Waals surface area contributed by atoms with Crippen molar-refractivity contribution in [2.24, 2.45) is 17.2 Å². The number of hydrogen-bond donors (Lipinski definition) is 4. The molecule has 1 atom stereocenters. The van der Waals surface area contributed by atoms with Crippen LogP contribution in [0, 0.1) is 0 Å². The first kappa shape index (κ1) is 25.0. The maximum absolute atomic E-state index is 12.7. The molecule has 0 aliphatic heterocycles. The molecule has 1 amide bonds. The lowest BCUT2D eigenvalue weighted by molar-refractivity contribution is -0.137. The van der Waals surface area contributed by atoms with Gasteiger partial charge in [-0.2, -0.15) is 13.2 Å². The van der Waals surface area contributed by atoms with E-state index < -0.39 is 23.7 Å². The Kier molecular flexibility index (Phi) is 7.75. The smallest absolute Gasteiger partial charge is 0.404 e. The molecule has 2 aromatic carbocycles. The normalized spacial score (nSPS) is 13.6. The molecule has 178 valence electrons. The van der Waals surface area contributed by atoms with E-state index in [1.807, 2.05) is 18.2 Å². The number of thiazole rings is 1. The SMILES string of the molecule is C=C/C=c1/cc(-c2sc(NC[C@@H](N)Cc3ccc(C(F)(F)F)cc3)nc2C(N)=O)cc/c1=C/N. The third-order valence-electron chi connectivity index (χ3n) is 4.98. The van der Waals surface area contributed by atoms with E-state index in [0.717, 1.165) is 28.1 Å². The molecule has 3 rings (SSSR count). The molecule has 0 spiro atoms. The molecule has 0 saturated heterocycles. The minimum absolute atomic E-state index is 0.123. The number of rotatable bonds is 8. The maximum Gasteiger partial charge on any atom is 0.416 e. The number of primary amides is 1. The highest BCUT2D eigenvalue weighted by atomic mass is 32.1. The molecule has 0 fully saturated rings. The van der Waals surface area contributed by atoms with Crippen LogP contribution in [-0.4, -0.2) is 23.5 Å². The standard InChI is InChI=1S/C24H24F3N5OS/c1-2-3-15-11-16(6-7-17(15)12-28)21-20(22(30)33)32-23(34-21)31-13-19(29)10-14-4-8-18(9-5-14)24(25,26)27/h2-9,11-12,19H,1,10,13,28-29H2,(H2,30,33)(H,31,32)/b15-3-,17-12-/t19-/m0/s1. The number of hydrogen-bond acceptors (Lipinski definition) is 6. The second-order valence-electron chi connectivity index (χ2n) is 7.51. The number of aromatic nitrogens is 1. The van der Waals surface area contributed by atoms with Crippen molar-refractivity contribution in [1.82, 2.24) is 4.98 Å². The van der Waals surface area contributed by atoms with Gasteiger partial charge in [-0.3, -0.25) is 4.79 Å². The molecule has 34 heavy (non-hydrogen) atoms. The highest BCUT2D eigenvalue weighted by molar-refractivity contribution is 7.19. The van der Waals surface area contributed by atoms with E-state index in [1.54, 1.807) is 12.2 Å². The number of allylic oxidation sites excluding steroid dienone is 1. The molecule has 7 N–H and O–H groups in total. The minimum atomic E-state index is -4.38. The monoisotopic (exact) mass is 487 g/mol. The van der Waals surface area contributed by atoms with Crippen LogP contribution < -0.4 is 33.0 Å². The highest BCUT2D eigenvalue weighted by Gasteiger charge is 2.30.